The summed E-state index contributed by atoms with van der Waals surface area (Å²) < 4.78 is 25.6. The Morgan fingerprint density at radius 1 is 1.00 bits per heavy atom. The third kappa shape index (κ3) is 2.56. The minimum atomic E-state index is -3.26. The third-order valence-corrected chi connectivity index (χ3v) is 4.36. The van der Waals surface area contributed by atoms with Crippen molar-refractivity contribution in [1.29, 1.82) is 0 Å². The second-order valence-corrected chi connectivity index (χ2v) is 7.00. The standard InChI is InChI=1S/C16H17NO2S/c1-20(18,19)17-16-9-5-4-8-15(16)14-11-10-12-6-2-3-7-13(12)14/h2-9,14,17H,10-11H2,1H3. The number of hydrogen-bond donors (Lipinski definition) is 1. The zero-order valence-electron chi connectivity index (χ0n) is 11.3. The summed E-state index contributed by atoms with van der Waals surface area (Å²) in [5, 5.41) is 0. The lowest BCUT2D eigenvalue weighted by Crippen LogP contribution is -2.12. The van der Waals surface area contributed by atoms with Gasteiger partial charge in [-0.3, -0.25) is 4.72 Å². The van der Waals surface area contributed by atoms with Crippen molar-refractivity contribution in [3.05, 3.63) is 65.2 Å². The minimum absolute atomic E-state index is 0.275. The molecule has 0 fully saturated rings. The number of aryl methyl sites for hydroxylation is 1. The predicted molar refractivity (Wildman–Crippen MR) is 81.5 cm³/mol. The molecule has 1 unspecified atom stereocenters. The molecule has 1 atom stereocenters. The molecular weight excluding hydrogens is 270 g/mol. The van der Waals surface area contributed by atoms with Gasteiger partial charge in [0.25, 0.3) is 0 Å². The maximum Gasteiger partial charge on any atom is 0.229 e. The summed E-state index contributed by atoms with van der Waals surface area (Å²) >= 11 is 0. The van der Waals surface area contributed by atoms with Crippen LogP contribution in [-0.4, -0.2) is 14.7 Å². The molecule has 104 valence electrons. The molecular formula is C16H17NO2S. The average molecular weight is 287 g/mol. The van der Waals surface area contributed by atoms with Crippen LogP contribution in [0.1, 0.15) is 29.0 Å². The van der Waals surface area contributed by atoms with E-state index in [9.17, 15) is 8.42 Å². The molecule has 1 aliphatic rings. The van der Waals surface area contributed by atoms with E-state index in [0.29, 0.717) is 5.69 Å². The van der Waals surface area contributed by atoms with Crippen molar-refractivity contribution >= 4 is 15.7 Å². The van der Waals surface area contributed by atoms with Crippen LogP contribution in [0.3, 0.4) is 0 Å². The van der Waals surface area contributed by atoms with Gasteiger partial charge in [-0.2, -0.15) is 0 Å². The molecule has 0 saturated carbocycles. The van der Waals surface area contributed by atoms with Gasteiger partial charge >= 0.3 is 0 Å². The molecule has 0 aromatic heterocycles. The Balaban J connectivity index is 2.04. The Labute approximate surface area is 119 Å². The highest BCUT2D eigenvalue weighted by molar-refractivity contribution is 7.92. The smallest absolute Gasteiger partial charge is 0.229 e. The molecule has 1 aliphatic carbocycles. The first kappa shape index (κ1) is 13.2. The van der Waals surface area contributed by atoms with Gasteiger partial charge in [0.2, 0.25) is 10.0 Å². The molecule has 0 amide bonds. The van der Waals surface area contributed by atoms with Crippen LogP contribution in [0.15, 0.2) is 48.5 Å². The van der Waals surface area contributed by atoms with E-state index in [0.717, 1.165) is 18.4 Å². The molecule has 0 radical (unpaired) electrons. The minimum Gasteiger partial charge on any atom is -0.283 e. The summed E-state index contributed by atoms with van der Waals surface area (Å²) in [6.07, 6.45) is 3.27. The van der Waals surface area contributed by atoms with Crippen molar-refractivity contribution in [1.82, 2.24) is 0 Å². The molecule has 0 bridgehead atoms. The molecule has 4 heteroatoms. The van der Waals surface area contributed by atoms with E-state index in [2.05, 4.69) is 22.9 Å². The van der Waals surface area contributed by atoms with E-state index in [1.807, 2.05) is 30.3 Å². The molecule has 2 aromatic rings. The number of nitrogens with one attached hydrogen (secondary N) is 1. The molecule has 0 spiro atoms. The first-order valence-corrected chi connectivity index (χ1v) is 8.58. The van der Waals surface area contributed by atoms with Crippen molar-refractivity contribution in [2.75, 3.05) is 11.0 Å². The number of benzene rings is 2. The molecule has 0 saturated heterocycles. The number of hydrogen-bond acceptors (Lipinski definition) is 2. The van der Waals surface area contributed by atoms with Gasteiger partial charge in [0.05, 0.1) is 11.9 Å². The molecule has 2 aromatic carbocycles. The average Bonchev–Trinajstić information content (AvgIpc) is 2.81. The van der Waals surface area contributed by atoms with Gasteiger partial charge in [-0.05, 0) is 35.6 Å². The summed E-state index contributed by atoms with van der Waals surface area (Å²) in [5.41, 5.74) is 4.43. The zero-order valence-corrected chi connectivity index (χ0v) is 12.2. The monoisotopic (exact) mass is 287 g/mol. The van der Waals surface area contributed by atoms with Crippen LogP contribution in [0.5, 0.6) is 0 Å². The second-order valence-electron chi connectivity index (χ2n) is 5.25. The fourth-order valence-electron chi connectivity index (χ4n) is 2.97. The Bertz CT molecular complexity index is 738. The quantitative estimate of drug-likeness (QED) is 0.942. The SMILES string of the molecule is CS(=O)(=O)Nc1ccccc1C1CCc2ccccc21. The number of anilines is 1. The van der Waals surface area contributed by atoms with E-state index in [4.69, 9.17) is 0 Å². The Morgan fingerprint density at radius 3 is 2.40 bits per heavy atom. The highest BCUT2D eigenvalue weighted by atomic mass is 32.2. The molecule has 3 nitrogen and oxygen atoms in total. The lowest BCUT2D eigenvalue weighted by molar-refractivity contribution is 0.606. The summed E-state index contributed by atoms with van der Waals surface area (Å²) in [4.78, 5) is 0. The Hall–Kier alpha value is -1.81. The van der Waals surface area contributed by atoms with Gasteiger partial charge in [-0.25, -0.2) is 8.42 Å². The van der Waals surface area contributed by atoms with Crippen LogP contribution in [0.25, 0.3) is 0 Å². The number of fused-ring (bicyclic) bond motifs is 1. The van der Waals surface area contributed by atoms with Crippen LogP contribution in [0.4, 0.5) is 5.69 Å². The predicted octanol–water partition coefficient (Wildman–Crippen LogP) is 3.14. The van der Waals surface area contributed by atoms with Crippen LogP contribution in [0.2, 0.25) is 0 Å². The van der Waals surface area contributed by atoms with Crippen molar-refractivity contribution in [2.45, 2.75) is 18.8 Å². The molecule has 0 aliphatic heterocycles. The summed E-state index contributed by atoms with van der Waals surface area (Å²) in [7, 11) is -3.26. The van der Waals surface area contributed by atoms with Crippen molar-refractivity contribution in [3.8, 4) is 0 Å². The van der Waals surface area contributed by atoms with Crippen LogP contribution < -0.4 is 4.72 Å². The molecule has 20 heavy (non-hydrogen) atoms. The van der Waals surface area contributed by atoms with Crippen LogP contribution >= 0.6 is 0 Å². The van der Waals surface area contributed by atoms with Gasteiger partial charge in [0.1, 0.15) is 0 Å². The molecule has 0 heterocycles. The Morgan fingerprint density at radius 2 is 1.65 bits per heavy atom. The normalized spacial score (nSPS) is 17.8. The maximum absolute atomic E-state index is 11.5. The highest BCUT2D eigenvalue weighted by Crippen LogP contribution is 2.40. The zero-order chi connectivity index (χ0) is 14.2. The Kier molecular flexibility index (Phi) is 3.26. The highest BCUT2D eigenvalue weighted by Gasteiger charge is 2.25. The fourth-order valence-corrected chi connectivity index (χ4v) is 3.56. The number of rotatable bonds is 3. The topological polar surface area (TPSA) is 46.2 Å². The van der Waals surface area contributed by atoms with E-state index in [1.165, 1.54) is 17.4 Å². The van der Waals surface area contributed by atoms with Crippen LogP contribution in [0, 0.1) is 0 Å². The number of para-hydroxylation sites is 1. The first-order valence-electron chi connectivity index (χ1n) is 6.69. The van der Waals surface area contributed by atoms with E-state index < -0.39 is 10.0 Å². The summed E-state index contributed by atoms with van der Waals surface area (Å²) in [6, 6.07) is 16.1. The van der Waals surface area contributed by atoms with Gasteiger partial charge < -0.3 is 0 Å². The second kappa shape index (κ2) is 4.94. The van der Waals surface area contributed by atoms with Crippen molar-refractivity contribution < 1.29 is 8.42 Å². The van der Waals surface area contributed by atoms with E-state index in [1.54, 1.807) is 0 Å². The first-order chi connectivity index (χ1) is 9.54. The van der Waals surface area contributed by atoms with Gasteiger partial charge in [-0.15, -0.1) is 0 Å². The van der Waals surface area contributed by atoms with E-state index >= 15 is 0 Å². The van der Waals surface area contributed by atoms with Crippen LogP contribution in [-0.2, 0) is 16.4 Å². The molecule has 3 rings (SSSR count). The number of sulfonamides is 1. The van der Waals surface area contributed by atoms with Gasteiger partial charge in [-0.1, -0.05) is 42.5 Å². The van der Waals surface area contributed by atoms with Crippen molar-refractivity contribution in [3.63, 3.8) is 0 Å². The fraction of sp³-hybridized carbons (Fsp3) is 0.250. The van der Waals surface area contributed by atoms with E-state index in [-0.39, 0.29) is 5.92 Å². The third-order valence-electron chi connectivity index (χ3n) is 3.76. The lowest BCUT2D eigenvalue weighted by Gasteiger charge is -2.17. The summed E-state index contributed by atoms with van der Waals surface area (Å²) in [5.74, 6) is 0.275. The summed E-state index contributed by atoms with van der Waals surface area (Å²) in [6.45, 7) is 0. The largest absolute Gasteiger partial charge is 0.283 e. The van der Waals surface area contributed by atoms with Crippen molar-refractivity contribution in [2.24, 2.45) is 0 Å². The molecule has 1 N–H and O–H groups in total. The maximum atomic E-state index is 11.5. The lowest BCUT2D eigenvalue weighted by atomic mass is 9.92. The van der Waals surface area contributed by atoms with Gasteiger partial charge in [0, 0.05) is 5.92 Å². The van der Waals surface area contributed by atoms with Gasteiger partial charge in [0.15, 0.2) is 0 Å².